The molecule has 6 heteroatoms. The van der Waals surface area contributed by atoms with Crippen LogP contribution in [0, 0.1) is 6.92 Å². The molecule has 0 unspecified atom stereocenters. The summed E-state index contributed by atoms with van der Waals surface area (Å²) in [5.74, 6) is 0.614. The number of methoxy groups -OCH3 is 1. The summed E-state index contributed by atoms with van der Waals surface area (Å²) in [4.78, 5) is 0. The van der Waals surface area contributed by atoms with E-state index in [9.17, 15) is 8.42 Å². The van der Waals surface area contributed by atoms with Crippen LogP contribution in [0.15, 0.2) is 16.6 Å². The summed E-state index contributed by atoms with van der Waals surface area (Å²) in [5, 5.41) is 0. The fourth-order valence-electron chi connectivity index (χ4n) is 1.48. The van der Waals surface area contributed by atoms with Gasteiger partial charge >= 0.3 is 0 Å². The van der Waals surface area contributed by atoms with E-state index in [2.05, 4.69) is 20.7 Å². The SMILES string of the molecule is CCCS(=O)(=O)Nc1c(C)cc(Br)cc1OC. The molecule has 0 atom stereocenters. The molecule has 0 amide bonds. The number of halogens is 1. The first kappa shape index (κ1) is 14.3. The molecule has 96 valence electrons. The van der Waals surface area contributed by atoms with Crippen LogP contribution in [0.5, 0.6) is 5.75 Å². The van der Waals surface area contributed by atoms with E-state index in [0.717, 1.165) is 10.0 Å². The van der Waals surface area contributed by atoms with Gasteiger partial charge in [0.25, 0.3) is 0 Å². The van der Waals surface area contributed by atoms with Gasteiger partial charge in [-0.05, 0) is 31.0 Å². The van der Waals surface area contributed by atoms with Crippen LogP contribution in [0.25, 0.3) is 0 Å². The largest absolute Gasteiger partial charge is 0.495 e. The summed E-state index contributed by atoms with van der Waals surface area (Å²) in [6, 6.07) is 3.57. The van der Waals surface area contributed by atoms with Crippen LogP contribution in [0.4, 0.5) is 5.69 Å². The van der Waals surface area contributed by atoms with Crippen molar-refractivity contribution in [1.29, 1.82) is 0 Å². The van der Waals surface area contributed by atoms with Gasteiger partial charge in [0, 0.05) is 4.47 Å². The summed E-state index contributed by atoms with van der Waals surface area (Å²) in [7, 11) is -1.79. The average molecular weight is 322 g/mol. The Morgan fingerprint density at radius 3 is 2.59 bits per heavy atom. The molecule has 0 fully saturated rings. The molecule has 0 bridgehead atoms. The maximum Gasteiger partial charge on any atom is 0.232 e. The Hall–Kier alpha value is -0.750. The molecule has 0 spiro atoms. The quantitative estimate of drug-likeness (QED) is 0.907. The zero-order valence-electron chi connectivity index (χ0n) is 10.1. The number of sulfonamides is 1. The Morgan fingerprint density at radius 1 is 1.41 bits per heavy atom. The van der Waals surface area contributed by atoms with Gasteiger partial charge in [-0.1, -0.05) is 22.9 Å². The standard InChI is InChI=1S/C11H16BrNO3S/c1-4-5-17(14,15)13-11-8(2)6-9(12)7-10(11)16-3/h6-7,13H,4-5H2,1-3H3. The highest BCUT2D eigenvalue weighted by Gasteiger charge is 2.15. The molecular weight excluding hydrogens is 306 g/mol. The third-order valence-corrected chi connectivity index (χ3v) is 4.13. The molecular formula is C11H16BrNO3S. The lowest BCUT2D eigenvalue weighted by Crippen LogP contribution is -2.17. The number of hydrogen-bond donors (Lipinski definition) is 1. The average Bonchev–Trinajstić information content (AvgIpc) is 2.21. The zero-order valence-corrected chi connectivity index (χ0v) is 12.5. The van der Waals surface area contributed by atoms with Crippen LogP contribution >= 0.6 is 15.9 Å². The van der Waals surface area contributed by atoms with E-state index in [1.807, 2.05) is 19.9 Å². The van der Waals surface area contributed by atoms with Gasteiger partial charge in [0.05, 0.1) is 18.6 Å². The van der Waals surface area contributed by atoms with Gasteiger partial charge in [0.15, 0.2) is 0 Å². The smallest absolute Gasteiger partial charge is 0.232 e. The summed E-state index contributed by atoms with van der Waals surface area (Å²) in [5.41, 5.74) is 1.32. The zero-order chi connectivity index (χ0) is 13.1. The first-order valence-electron chi connectivity index (χ1n) is 5.24. The molecule has 0 saturated heterocycles. The maximum absolute atomic E-state index is 11.7. The lowest BCUT2D eigenvalue weighted by molar-refractivity contribution is 0.416. The molecule has 17 heavy (non-hydrogen) atoms. The summed E-state index contributed by atoms with van der Waals surface area (Å²) >= 11 is 3.34. The van der Waals surface area contributed by atoms with Crippen molar-refractivity contribution in [3.8, 4) is 5.75 Å². The van der Waals surface area contributed by atoms with Crippen molar-refractivity contribution in [3.63, 3.8) is 0 Å². The number of benzene rings is 1. The predicted octanol–water partition coefficient (Wildman–Crippen LogP) is 2.92. The first-order valence-corrected chi connectivity index (χ1v) is 7.68. The van der Waals surface area contributed by atoms with Crippen molar-refractivity contribution < 1.29 is 13.2 Å². The number of anilines is 1. The number of nitrogens with one attached hydrogen (secondary N) is 1. The molecule has 0 heterocycles. The van der Waals surface area contributed by atoms with Crippen LogP contribution in [-0.2, 0) is 10.0 Å². The molecule has 0 aliphatic rings. The Labute approximate surface area is 111 Å². The molecule has 1 rings (SSSR count). The van der Waals surface area contributed by atoms with Crippen LogP contribution in [0.1, 0.15) is 18.9 Å². The minimum absolute atomic E-state index is 0.103. The fraction of sp³-hybridized carbons (Fsp3) is 0.455. The van der Waals surface area contributed by atoms with Crippen molar-refractivity contribution in [2.24, 2.45) is 0 Å². The van der Waals surface area contributed by atoms with Crippen molar-refractivity contribution in [2.45, 2.75) is 20.3 Å². The van der Waals surface area contributed by atoms with Crippen molar-refractivity contribution in [3.05, 3.63) is 22.2 Å². The summed E-state index contributed by atoms with van der Waals surface area (Å²) < 4.78 is 32.0. The maximum atomic E-state index is 11.7. The number of rotatable bonds is 5. The molecule has 0 aliphatic carbocycles. The Morgan fingerprint density at radius 2 is 2.06 bits per heavy atom. The summed E-state index contributed by atoms with van der Waals surface area (Å²) in [6.07, 6.45) is 0.577. The normalized spacial score (nSPS) is 11.3. The molecule has 1 aromatic rings. The topological polar surface area (TPSA) is 55.4 Å². The predicted molar refractivity (Wildman–Crippen MR) is 73.1 cm³/mol. The van der Waals surface area contributed by atoms with E-state index in [1.54, 1.807) is 6.07 Å². The van der Waals surface area contributed by atoms with Gasteiger partial charge < -0.3 is 4.74 Å². The fourth-order valence-corrected chi connectivity index (χ4v) is 3.24. The highest BCUT2D eigenvalue weighted by atomic mass is 79.9. The van der Waals surface area contributed by atoms with E-state index in [1.165, 1.54) is 7.11 Å². The second-order valence-corrected chi connectivity index (χ2v) is 6.48. The highest BCUT2D eigenvalue weighted by molar-refractivity contribution is 9.10. The molecule has 1 aromatic carbocycles. The van der Waals surface area contributed by atoms with Gasteiger partial charge in [-0.15, -0.1) is 0 Å². The highest BCUT2D eigenvalue weighted by Crippen LogP contribution is 2.32. The van der Waals surface area contributed by atoms with Gasteiger partial charge in [-0.25, -0.2) is 8.42 Å². The third-order valence-electron chi connectivity index (χ3n) is 2.21. The number of ether oxygens (including phenoxy) is 1. The molecule has 4 nitrogen and oxygen atoms in total. The van der Waals surface area contributed by atoms with Crippen LogP contribution in [0.2, 0.25) is 0 Å². The molecule has 0 aromatic heterocycles. The van der Waals surface area contributed by atoms with Gasteiger partial charge in [0.1, 0.15) is 5.75 Å². The minimum atomic E-state index is -3.30. The van der Waals surface area contributed by atoms with E-state index in [-0.39, 0.29) is 5.75 Å². The summed E-state index contributed by atoms with van der Waals surface area (Å²) in [6.45, 7) is 3.65. The van der Waals surface area contributed by atoms with Crippen molar-refractivity contribution >= 4 is 31.6 Å². The molecule has 0 saturated carbocycles. The van der Waals surface area contributed by atoms with Gasteiger partial charge in [-0.2, -0.15) is 0 Å². The van der Waals surface area contributed by atoms with Gasteiger partial charge in [-0.3, -0.25) is 4.72 Å². The van der Waals surface area contributed by atoms with Crippen LogP contribution in [-0.4, -0.2) is 21.3 Å². The Bertz CT molecular complexity index is 500. The molecule has 0 aliphatic heterocycles. The Balaban J connectivity index is 3.14. The van der Waals surface area contributed by atoms with Crippen LogP contribution < -0.4 is 9.46 Å². The molecule has 1 N–H and O–H groups in total. The second kappa shape index (κ2) is 5.73. The van der Waals surface area contributed by atoms with Crippen molar-refractivity contribution in [1.82, 2.24) is 0 Å². The Kier molecular flexibility index (Phi) is 4.82. The number of hydrogen-bond acceptors (Lipinski definition) is 3. The number of aryl methyl sites for hydroxylation is 1. The lowest BCUT2D eigenvalue weighted by Gasteiger charge is -2.14. The third kappa shape index (κ3) is 3.89. The second-order valence-electron chi connectivity index (χ2n) is 3.72. The monoisotopic (exact) mass is 321 g/mol. The molecule has 0 radical (unpaired) electrons. The van der Waals surface area contributed by atoms with E-state index >= 15 is 0 Å². The van der Waals surface area contributed by atoms with E-state index in [0.29, 0.717) is 17.9 Å². The van der Waals surface area contributed by atoms with E-state index < -0.39 is 10.0 Å². The minimum Gasteiger partial charge on any atom is -0.495 e. The first-order chi connectivity index (χ1) is 7.89. The van der Waals surface area contributed by atoms with Crippen molar-refractivity contribution in [2.75, 3.05) is 17.6 Å². The van der Waals surface area contributed by atoms with Gasteiger partial charge in [0.2, 0.25) is 10.0 Å². The lowest BCUT2D eigenvalue weighted by atomic mass is 10.2. The van der Waals surface area contributed by atoms with E-state index in [4.69, 9.17) is 4.74 Å². The van der Waals surface area contributed by atoms with Crippen LogP contribution in [0.3, 0.4) is 0 Å².